The maximum Gasteiger partial charge on any atom is 0.129 e. The van der Waals surface area contributed by atoms with Gasteiger partial charge in [0.25, 0.3) is 0 Å². The first kappa shape index (κ1) is 8.20. The average Bonchev–Trinajstić information content (AvgIpc) is 2.17. The molecular formula is C9H9NS2. The van der Waals surface area contributed by atoms with Crippen molar-refractivity contribution in [3.05, 3.63) is 29.8 Å². The second-order valence-electron chi connectivity index (χ2n) is 2.49. The third-order valence-corrected chi connectivity index (χ3v) is 4.17. The van der Waals surface area contributed by atoms with Gasteiger partial charge in [0.2, 0.25) is 0 Å². The number of thioether (sulfide) groups is 2. The lowest BCUT2D eigenvalue weighted by Crippen LogP contribution is -1.97. The molecule has 1 heterocycles. The maximum atomic E-state index is 4.19. The number of hydrogen-bond acceptors (Lipinski definition) is 3. The Kier molecular flexibility index (Phi) is 2.42. The van der Waals surface area contributed by atoms with Crippen molar-refractivity contribution in [2.75, 3.05) is 7.05 Å². The quantitative estimate of drug-likeness (QED) is 0.631. The molecule has 0 fully saturated rings. The SMILES string of the molecule is CN=C1SCc2ccccc2S1. The van der Waals surface area contributed by atoms with E-state index in [4.69, 9.17) is 0 Å². The zero-order valence-corrected chi connectivity index (χ0v) is 8.41. The van der Waals surface area contributed by atoms with Crippen LogP contribution in [-0.2, 0) is 5.75 Å². The highest BCUT2D eigenvalue weighted by Crippen LogP contribution is 2.36. The standard InChI is InChI=1S/C9H9NS2/c1-10-9-11-6-7-4-2-3-5-8(7)12-9/h2-5H,6H2,1H3. The van der Waals surface area contributed by atoms with E-state index in [2.05, 4.69) is 29.3 Å². The summed E-state index contributed by atoms with van der Waals surface area (Å²) in [6.45, 7) is 0. The minimum Gasteiger partial charge on any atom is -0.275 e. The fraction of sp³-hybridized carbons (Fsp3) is 0.222. The second-order valence-corrected chi connectivity index (χ2v) is 4.74. The van der Waals surface area contributed by atoms with Crippen LogP contribution in [0.4, 0.5) is 0 Å². The number of nitrogens with zero attached hydrogens (tertiary/aromatic N) is 1. The van der Waals surface area contributed by atoms with Crippen molar-refractivity contribution in [1.29, 1.82) is 0 Å². The van der Waals surface area contributed by atoms with Gasteiger partial charge in [0, 0.05) is 17.7 Å². The van der Waals surface area contributed by atoms with Crippen molar-refractivity contribution in [1.82, 2.24) is 0 Å². The molecule has 0 N–H and O–H groups in total. The smallest absolute Gasteiger partial charge is 0.129 e. The predicted molar refractivity (Wildman–Crippen MR) is 57.0 cm³/mol. The lowest BCUT2D eigenvalue weighted by molar-refractivity contribution is 1.27. The first-order chi connectivity index (χ1) is 5.90. The molecule has 0 atom stereocenters. The van der Waals surface area contributed by atoms with E-state index in [1.54, 1.807) is 11.8 Å². The molecule has 0 saturated heterocycles. The Bertz CT molecular complexity index is 320. The lowest BCUT2D eigenvalue weighted by atomic mass is 10.2. The van der Waals surface area contributed by atoms with Crippen LogP contribution in [0.25, 0.3) is 0 Å². The van der Waals surface area contributed by atoms with Crippen molar-refractivity contribution in [2.45, 2.75) is 10.6 Å². The zero-order chi connectivity index (χ0) is 8.39. The molecule has 12 heavy (non-hydrogen) atoms. The Balaban J connectivity index is 2.35. The van der Waals surface area contributed by atoms with E-state index in [1.165, 1.54) is 14.8 Å². The van der Waals surface area contributed by atoms with Crippen molar-refractivity contribution in [2.24, 2.45) is 4.99 Å². The first-order valence-electron chi connectivity index (χ1n) is 3.75. The minimum atomic E-state index is 1.07. The van der Waals surface area contributed by atoms with Crippen LogP contribution >= 0.6 is 23.5 Å². The first-order valence-corrected chi connectivity index (χ1v) is 5.55. The summed E-state index contributed by atoms with van der Waals surface area (Å²) < 4.78 is 1.17. The molecule has 1 aromatic rings. The summed E-state index contributed by atoms with van der Waals surface area (Å²) in [6, 6.07) is 8.51. The average molecular weight is 195 g/mol. The molecule has 62 valence electrons. The van der Waals surface area contributed by atoms with Gasteiger partial charge in [-0.1, -0.05) is 41.7 Å². The van der Waals surface area contributed by atoms with E-state index in [0.717, 1.165) is 5.75 Å². The van der Waals surface area contributed by atoms with Gasteiger partial charge in [-0.05, 0) is 11.6 Å². The van der Waals surface area contributed by atoms with Crippen molar-refractivity contribution in [3.8, 4) is 0 Å². The van der Waals surface area contributed by atoms with E-state index in [1.807, 2.05) is 18.8 Å². The summed E-state index contributed by atoms with van der Waals surface area (Å²) >= 11 is 3.59. The second kappa shape index (κ2) is 3.54. The van der Waals surface area contributed by atoms with Gasteiger partial charge in [-0.25, -0.2) is 0 Å². The number of rotatable bonds is 0. The van der Waals surface area contributed by atoms with Crippen LogP contribution in [0.1, 0.15) is 5.56 Å². The topological polar surface area (TPSA) is 12.4 Å². The molecular weight excluding hydrogens is 186 g/mol. The molecule has 0 spiro atoms. The highest BCUT2D eigenvalue weighted by molar-refractivity contribution is 8.39. The third kappa shape index (κ3) is 1.52. The van der Waals surface area contributed by atoms with Crippen molar-refractivity contribution >= 4 is 27.9 Å². The molecule has 2 rings (SSSR count). The van der Waals surface area contributed by atoms with E-state index in [0.29, 0.717) is 0 Å². The summed E-state index contributed by atoms with van der Waals surface area (Å²) in [5.41, 5.74) is 1.43. The maximum absolute atomic E-state index is 4.19. The molecule has 0 saturated carbocycles. The Morgan fingerprint density at radius 3 is 3.00 bits per heavy atom. The molecule has 0 radical (unpaired) electrons. The van der Waals surface area contributed by atoms with Crippen LogP contribution in [0.15, 0.2) is 34.2 Å². The molecule has 0 aromatic heterocycles. The highest BCUT2D eigenvalue weighted by Gasteiger charge is 2.13. The van der Waals surface area contributed by atoms with E-state index >= 15 is 0 Å². The Hall–Kier alpha value is -0.410. The van der Waals surface area contributed by atoms with Gasteiger partial charge >= 0.3 is 0 Å². The fourth-order valence-electron chi connectivity index (χ4n) is 1.10. The van der Waals surface area contributed by atoms with Gasteiger partial charge in [0.1, 0.15) is 4.38 Å². The Labute approximate surface area is 80.7 Å². The molecule has 1 aromatic carbocycles. The van der Waals surface area contributed by atoms with Crippen LogP contribution < -0.4 is 0 Å². The van der Waals surface area contributed by atoms with Gasteiger partial charge in [-0.3, -0.25) is 4.99 Å². The van der Waals surface area contributed by atoms with E-state index in [9.17, 15) is 0 Å². The molecule has 0 unspecified atom stereocenters. The molecule has 1 aliphatic rings. The normalized spacial score (nSPS) is 19.2. The lowest BCUT2D eigenvalue weighted by Gasteiger charge is -2.14. The van der Waals surface area contributed by atoms with Gasteiger partial charge in [-0.2, -0.15) is 0 Å². The molecule has 1 nitrogen and oxygen atoms in total. The van der Waals surface area contributed by atoms with Gasteiger partial charge in [-0.15, -0.1) is 0 Å². The van der Waals surface area contributed by atoms with Gasteiger partial charge < -0.3 is 0 Å². The van der Waals surface area contributed by atoms with E-state index in [-0.39, 0.29) is 0 Å². The van der Waals surface area contributed by atoms with Crippen LogP contribution in [0.2, 0.25) is 0 Å². The highest BCUT2D eigenvalue weighted by atomic mass is 32.2. The van der Waals surface area contributed by atoms with Crippen LogP contribution in [-0.4, -0.2) is 11.4 Å². The minimum absolute atomic E-state index is 1.07. The largest absolute Gasteiger partial charge is 0.275 e. The fourth-order valence-corrected chi connectivity index (χ4v) is 3.23. The number of aliphatic imine (C=N–C) groups is 1. The Morgan fingerprint density at radius 2 is 2.17 bits per heavy atom. The molecule has 1 aliphatic heterocycles. The molecule has 0 aliphatic carbocycles. The molecule has 0 bridgehead atoms. The summed E-state index contributed by atoms with van der Waals surface area (Å²) in [7, 11) is 1.85. The van der Waals surface area contributed by atoms with Gasteiger partial charge in [0.05, 0.1) is 0 Å². The number of hydrogen-bond donors (Lipinski definition) is 0. The summed E-state index contributed by atoms with van der Waals surface area (Å²) in [4.78, 5) is 5.55. The number of fused-ring (bicyclic) bond motifs is 1. The Morgan fingerprint density at radius 1 is 1.33 bits per heavy atom. The van der Waals surface area contributed by atoms with Crippen molar-refractivity contribution < 1.29 is 0 Å². The van der Waals surface area contributed by atoms with Crippen LogP contribution in [0.5, 0.6) is 0 Å². The van der Waals surface area contributed by atoms with Crippen LogP contribution in [0.3, 0.4) is 0 Å². The summed E-state index contributed by atoms with van der Waals surface area (Å²) in [5, 5.41) is 0. The summed E-state index contributed by atoms with van der Waals surface area (Å²) in [6.07, 6.45) is 0. The summed E-state index contributed by atoms with van der Waals surface area (Å²) in [5.74, 6) is 1.07. The molecule has 0 amide bonds. The molecule has 3 heteroatoms. The van der Waals surface area contributed by atoms with Crippen LogP contribution in [0, 0.1) is 0 Å². The number of benzene rings is 1. The van der Waals surface area contributed by atoms with E-state index < -0.39 is 0 Å². The monoisotopic (exact) mass is 195 g/mol. The van der Waals surface area contributed by atoms with Gasteiger partial charge in [0.15, 0.2) is 0 Å². The van der Waals surface area contributed by atoms with Crippen molar-refractivity contribution in [3.63, 3.8) is 0 Å². The third-order valence-electron chi connectivity index (χ3n) is 1.70. The zero-order valence-electron chi connectivity index (χ0n) is 6.78. The predicted octanol–water partition coefficient (Wildman–Crippen LogP) is 3.01.